The van der Waals surface area contributed by atoms with Gasteiger partial charge < -0.3 is 5.32 Å². The summed E-state index contributed by atoms with van der Waals surface area (Å²) in [6.07, 6.45) is 5.33. The SMILES string of the molecule is CCC(CC(C)C)C(C)CC(C)C(CC)NC. The van der Waals surface area contributed by atoms with E-state index in [2.05, 4.69) is 53.9 Å². The lowest BCUT2D eigenvalue weighted by molar-refractivity contribution is 0.227. The highest BCUT2D eigenvalue weighted by atomic mass is 14.9. The summed E-state index contributed by atoms with van der Waals surface area (Å²) in [6.45, 7) is 14.2. The fraction of sp³-hybridized carbons (Fsp3) is 1.00. The molecule has 1 nitrogen and oxygen atoms in total. The molecular weight excluding hydrogens is 206 g/mol. The molecule has 0 rings (SSSR count). The second-order valence-corrected chi connectivity index (χ2v) is 6.29. The maximum Gasteiger partial charge on any atom is 0.00871 e. The first-order valence-electron chi connectivity index (χ1n) is 7.63. The fourth-order valence-corrected chi connectivity index (χ4v) is 3.24. The molecule has 0 saturated heterocycles. The molecule has 0 aromatic rings. The van der Waals surface area contributed by atoms with E-state index in [1.165, 1.54) is 25.7 Å². The lowest BCUT2D eigenvalue weighted by Crippen LogP contribution is -2.33. The Bertz CT molecular complexity index is 172. The molecule has 0 aromatic carbocycles. The Morgan fingerprint density at radius 3 is 1.76 bits per heavy atom. The zero-order chi connectivity index (χ0) is 13.4. The quantitative estimate of drug-likeness (QED) is 0.616. The van der Waals surface area contributed by atoms with Gasteiger partial charge in [-0.1, -0.05) is 48.0 Å². The molecule has 0 saturated carbocycles. The summed E-state index contributed by atoms with van der Waals surface area (Å²) in [5.41, 5.74) is 0. The molecule has 0 aliphatic heterocycles. The van der Waals surface area contributed by atoms with Crippen LogP contribution in [0.4, 0.5) is 0 Å². The molecule has 0 bridgehead atoms. The van der Waals surface area contributed by atoms with Gasteiger partial charge in [0.25, 0.3) is 0 Å². The van der Waals surface area contributed by atoms with Crippen molar-refractivity contribution in [2.75, 3.05) is 7.05 Å². The largest absolute Gasteiger partial charge is 0.317 e. The lowest BCUT2D eigenvalue weighted by Gasteiger charge is -2.30. The molecule has 0 spiro atoms. The van der Waals surface area contributed by atoms with Gasteiger partial charge in [0.05, 0.1) is 0 Å². The van der Waals surface area contributed by atoms with Crippen molar-refractivity contribution in [2.45, 2.75) is 73.3 Å². The van der Waals surface area contributed by atoms with Crippen molar-refractivity contribution in [3.05, 3.63) is 0 Å². The minimum atomic E-state index is 0.689. The Kier molecular flexibility index (Phi) is 8.94. The van der Waals surface area contributed by atoms with Crippen LogP contribution in [0.1, 0.15) is 67.2 Å². The smallest absolute Gasteiger partial charge is 0.00871 e. The van der Waals surface area contributed by atoms with Gasteiger partial charge in [-0.3, -0.25) is 0 Å². The van der Waals surface area contributed by atoms with E-state index in [9.17, 15) is 0 Å². The number of hydrogen-bond donors (Lipinski definition) is 1. The Balaban J connectivity index is 4.24. The van der Waals surface area contributed by atoms with Crippen LogP contribution in [0.5, 0.6) is 0 Å². The van der Waals surface area contributed by atoms with Crippen LogP contribution in [0.3, 0.4) is 0 Å². The summed E-state index contributed by atoms with van der Waals surface area (Å²) in [7, 11) is 2.10. The molecule has 0 heterocycles. The predicted molar refractivity (Wildman–Crippen MR) is 79.3 cm³/mol. The van der Waals surface area contributed by atoms with Crippen molar-refractivity contribution < 1.29 is 0 Å². The van der Waals surface area contributed by atoms with Crippen LogP contribution >= 0.6 is 0 Å². The fourth-order valence-electron chi connectivity index (χ4n) is 3.24. The molecule has 17 heavy (non-hydrogen) atoms. The molecule has 104 valence electrons. The van der Waals surface area contributed by atoms with Crippen LogP contribution < -0.4 is 5.32 Å². The third-order valence-corrected chi connectivity index (χ3v) is 4.34. The van der Waals surface area contributed by atoms with Crippen molar-refractivity contribution in [3.8, 4) is 0 Å². The van der Waals surface area contributed by atoms with Crippen molar-refractivity contribution >= 4 is 0 Å². The van der Waals surface area contributed by atoms with Crippen molar-refractivity contribution in [1.29, 1.82) is 0 Å². The van der Waals surface area contributed by atoms with Crippen molar-refractivity contribution in [2.24, 2.45) is 23.7 Å². The monoisotopic (exact) mass is 241 g/mol. The lowest BCUT2D eigenvalue weighted by atomic mass is 9.78. The molecule has 0 aliphatic carbocycles. The molecule has 1 N–H and O–H groups in total. The predicted octanol–water partition coefficient (Wildman–Crippen LogP) is 4.72. The summed E-state index contributed by atoms with van der Waals surface area (Å²) in [6, 6.07) is 0.689. The summed E-state index contributed by atoms with van der Waals surface area (Å²) in [5, 5.41) is 3.45. The Morgan fingerprint density at radius 1 is 0.824 bits per heavy atom. The highest BCUT2D eigenvalue weighted by Gasteiger charge is 2.22. The molecule has 4 atom stereocenters. The first kappa shape index (κ1) is 17.0. The van der Waals surface area contributed by atoms with E-state index in [1.54, 1.807) is 0 Å². The molecule has 0 radical (unpaired) electrons. The van der Waals surface area contributed by atoms with Crippen LogP contribution in [0, 0.1) is 23.7 Å². The van der Waals surface area contributed by atoms with Crippen LogP contribution in [0.15, 0.2) is 0 Å². The van der Waals surface area contributed by atoms with Crippen molar-refractivity contribution in [1.82, 2.24) is 5.32 Å². The molecule has 4 unspecified atom stereocenters. The molecule has 1 heteroatoms. The Morgan fingerprint density at radius 2 is 1.41 bits per heavy atom. The first-order valence-corrected chi connectivity index (χ1v) is 7.63. The molecule has 0 amide bonds. The minimum absolute atomic E-state index is 0.689. The van der Waals surface area contributed by atoms with Crippen LogP contribution in [-0.4, -0.2) is 13.1 Å². The highest BCUT2D eigenvalue weighted by molar-refractivity contribution is 4.75. The van der Waals surface area contributed by atoms with E-state index in [0.29, 0.717) is 6.04 Å². The van der Waals surface area contributed by atoms with Gasteiger partial charge in [-0.25, -0.2) is 0 Å². The second-order valence-electron chi connectivity index (χ2n) is 6.29. The first-order chi connectivity index (χ1) is 7.96. The minimum Gasteiger partial charge on any atom is -0.317 e. The van der Waals surface area contributed by atoms with E-state index >= 15 is 0 Å². The second kappa shape index (κ2) is 8.97. The summed E-state index contributed by atoms with van der Waals surface area (Å²) >= 11 is 0. The maximum absolute atomic E-state index is 3.45. The average Bonchev–Trinajstić information content (AvgIpc) is 2.26. The van der Waals surface area contributed by atoms with Crippen molar-refractivity contribution in [3.63, 3.8) is 0 Å². The molecule has 0 aliphatic rings. The standard InChI is InChI=1S/C16H35N/c1-8-15(10-12(3)4)13(5)11-14(6)16(9-2)17-7/h12-17H,8-11H2,1-7H3. The molecular formula is C16H35N. The number of rotatable bonds is 9. The molecule has 0 aromatic heterocycles. The zero-order valence-electron chi connectivity index (χ0n) is 13.2. The van der Waals surface area contributed by atoms with Gasteiger partial charge in [-0.15, -0.1) is 0 Å². The van der Waals surface area contributed by atoms with Gasteiger partial charge in [-0.2, -0.15) is 0 Å². The third kappa shape index (κ3) is 6.45. The number of nitrogens with one attached hydrogen (secondary N) is 1. The van der Waals surface area contributed by atoms with Crippen LogP contribution in [0.2, 0.25) is 0 Å². The van der Waals surface area contributed by atoms with E-state index in [4.69, 9.17) is 0 Å². The number of hydrogen-bond acceptors (Lipinski definition) is 1. The summed E-state index contributed by atoms with van der Waals surface area (Å²) in [4.78, 5) is 0. The Labute approximate surface area is 110 Å². The van der Waals surface area contributed by atoms with Crippen LogP contribution in [-0.2, 0) is 0 Å². The summed E-state index contributed by atoms with van der Waals surface area (Å²) < 4.78 is 0. The average molecular weight is 241 g/mol. The highest BCUT2D eigenvalue weighted by Crippen LogP contribution is 2.29. The third-order valence-electron chi connectivity index (χ3n) is 4.34. The van der Waals surface area contributed by atoms with Crippen LogP contribution in [0.25, 0.3) is 0 Å². The maximum atomic E-state index is 3.45. The van der Waals surface area contributed by atoms with Gasteiger partial charge >= 0.3 is 0 Å². The van der Waals surface area contributed by atoms with E-state index in [-0.39, 0.29) is 0 Å². The van der Waals surface area contributed by atoms with Gasteiger partial charge in [0.15, 0.2) is 0 Å². The van der Waals surface area contributed by atoms with Gasteiger partial charge in [-0.05, 0) is 50.0 Å². The van der Waals surface area contributed by atoms with Gasteiger partial charge in [0.1, 0.15) is 0 Å². The van der Waals surface area contributed by atoms with E-state index in [0.717, 1.165) is 23.7 Å². The normalized spacial score (nSPS) is 19.1. The topological polar surface area (TPSA) is 12.0 Å². The summed E-state index contributed by atoms with van der Waals surface area (Å²) in [5.74, 6) is 3.40. The van der Waals surface area contributed by atoms with E-state index < -0.39 is 0 Å². The molecule has 0 fully saturated rings. The van der Waals surface area contributed by atoms with E-state index in [1.807, 2.05) is 0 Å². The van der Waals surface area contributed by atoms with Gasteiger partial charge in [0, 0.05) is 6.04 Å². The Hall–Kier alpha value is -0.0400. The zero-order valence-corrected chi connectivity index (χ0v) is 13.2. The van der Waals surface area contributed by atoms with Gasteiger partial charge in [0.2, 0.25) is 0 Å².